The second-order valence-corrected chi connectivity index (χ2v) is 5.84. The van der Waals surface area contributed by atoms with Crippen molar-refractivity contribution in [1.82, 2.24) is 9.78 Å². The first-order valence-corrected chi connectivity index (χ1v) is 7.90. The van der Waals surface area contributed by atoms with E-state index in [0.717, 1.165) is 11.3 Å². The van der Waals surface area contributed by atoms with E-state index in [0.29, 0.717) is 23.1 Å². The van der Waals surface area contributed by atoms with E-state index in [2.05, 4.69) is 15.7 Å². The number of hydrogen-bond acceptors (Lipinski definition) is 2. The van der Waals surface area contributed by atoms with Crippen molar-refractivity contribution in [2.45, 2.75) is 13.5 Å². The zero-order chi connectivity index (χ0) is 16.9. The summed E-state index contributed by atoms with van der Waals surface area (Å²) >= 11 is 5.84. The summed E-state index contributed by atoms with van der Waals surface area (Å²) in [5, 5.41) is 10.7. The number of aromatic nitrogens is 2. The average molecular weight is 341 g/mol. The number of carbonyl (C=O) groups excluding carboxylic acids is 1. The Morgan fingerprint density at radius 3 is 2.50 bits per heavy atom. The standard InChI is InChI=1S/C18H17ClN4O/c1-13-11-17(23(22-13)12-14-5-3-2-4-6-14)21-18(24)20-16-9-7-15(19)8-10-16/h2-11H,12H2,1H3,(H2,20,21,24). The number of halogens is 1. The molecule has 0 radical (unpaired) electrons. The van der Waals surface area contributed by atoms with Gasteiger partial charge in [0.05, 0.1) is 12.2 Å². The molecule has 122 valence electrons. The van der Waals surface area contributed by atoms with Gasteiger partial charge < -0.3 is 5.32 Å². The molecule has 1 aromatic heterocycles. The minimum atomic E-state index is -0.327. The van der Waals surface area contributed by atoms with Gasteiger partial charge in [-0.15, -0.1) is 0 Å². The van der Waals surface area contributed by atoms with Gasteiger partial charge in [-0.2, -0.15) is 5.10 Å². The van der Waals surface area contributed by atoms with Gasteiger partial charge in [0, 0.05) is 16.8 Å². The fraction of sp³-hybridized carbons (Fsp3) is 0.111. The predicted octanol–water partition coefficient (Wildman–Crippen LogP) is 4.54. The lowest BCUT2D eigenvalue weighted by atomic mass is 10.2. The number of nitrogens with zero attached hydrogens (tertiary/aromatic N) is 2. The van der Waals surface area contributed by atoms with Crippen LogP contribution in [0.5, 0.6) is 0 Å². The Morgan fingerprint density at radius 1 is 1.08 bits per heavy atom. The highest BCUT2D eigenvalue weighted by molar-refractivity contribution is 6.30. The van der Waals surface area contributed by atoms with Gasteiger partial charge in [0.2, 0.25) is 0 Å². The molecule has 1 heterocycles. The molecule has 6 heteroatoms. The summed E-state index contributed by atoms with van der Waals surface area (Å²) in [5.41, 5.74) is 2.62. The van der Waals surface area contributed by atoms with Crippen LogP contribution in [-0.2, 0) is 6.54 Å². The van der Waals surface area contributed by atoms with Crippen molar-refractivity contribution >= 4 is 29.1 Å². The molecule has 0 aliphatic heterocycles. The van der Waals surface area contributed by atoms with Crippen molar-refractivity contribution in [2.75, 3.05) is 10.6 Å². The Morgan fingerprint density at radius 2 is 1.79 bits per heavy atom. The maximum Gasteiger partial charge on any atom is 0.324 e. The summed E-state index contributed by atoms with van der Waals surface area (Å²) in [6, 6.07) is 18.4. The maximum absolute atomic E-state index is 12.2. The molecule has 2 aromatic carbocycles. The van der Waals surface area contributed by atoms with E-state index in [1.807, 2.05) is 43.3 Å². The van der Waals surface area contributed by atoms with Crippen LogP contribution in [0.3, 0.4) is 0 Å². The van der Waals surface area contributed by atoms with E-state index >= 15 is 0 Å². The molecule has 0 aliphatic carbocycles. The molecule has 0 atom stereocenters. The van der Waals surface area contributed by atoms with Gasteiger partial charge in [0.1, 0.15) is 5.82 Å². The number of carbonyl (C=O) groups is 1. The SMILES string of the molecule is Cc1cc(NC(=O)Nc2ccc(Cl)cc2)n(Cc2ccccc2)n1. The van der Waals surface area contributed by atoms with Crippen LogP contribution in [0.1, 0.15) is 11.3 Å². The van der Waals surface area contributed by atoms with E-state index in [4.69, 9.17) is 11.6 Å². The van der Waals surface area contributed by atoms with Crippen molar-refractivity contribution in [3.63, 3.8) is 0 Å². The van der Waals surface area contributed by atoms with Gasteiger partial charge in [0.15, 0.2) is 0 Å². The normalized spacial score (nSPS) is 10.4. The van der Waals surface area contributed by atoms with Crippen molar-refractivity contribution in [3.05, 3.63) is 76.9 Å². The van der Waals surface area contributed by atoms with Crippen molar-refractivity contribution < 1.29 is 4.79 Å². The molecule has 0 fully saturated rings. The van der Waals surface area contributed by atoms with Crippen LogP contribution in [0, 0.1) is 6.92 Å². The highest BCUT2D eigenvalue weighted by atomic mass is 35.5. The van der Waals surface area contributed by atoms with Crippen LogP contribution in [0.2, 0.25) is 5.02 Å². The van der Waals surface area contributed by atoms with E-state index in [-0.39, 0.29) is 6.03 Å². The largest absolute Gasteiger partial charge is 0.324 e. The van der Waals surface area contributed by atoms with Crippen LogP contribution in [0.15, 0.2) is 60.7 Å². The highest BCUT2D eigenvalue weighted by Crippen LogP contribution is 2.16. The molecule has 0 bridgehead atoms. The zero-order valence-electron chi connectivity index (χ0n) is 13.2. The summed E-state index contributed by atoms with van der Waals surface area (Å²) in [6.07, 6.45) is 0. The van der Waals surface area contributed by atoms with E-state index in [9.17, 15) is 4.79 Å². The third-order valence-electron chi connectivity index (χ3n) is 3.42. The monoisotopic (exact) mass is 340 g/mol. The first kappa shape index (κ1) is 16.1. The van der Waals surface area contributed by atoms with Crippen molar-refractivity contribution in [1.29, 1.82) is 0 Å². The number of aryl methyl sites for hydroxylation is 1. The summed E-state index contributed by atoms with van der Waals surface area (Å²) in [6.45, 7) is 2.48. The van der Waals surface area contributed by atoms with Crippen LogP contribution < -0.4 is 10.6 Å². The van der Waals surface area contributed by atoms with Gasteiger partial charge in [-0.25, -0.2) is 9.48 Å². The molecule has 0 spiro atoms. The smallest absolute Gasteiger partial charge is 0.308 e. The number of urea groups is 1. The lowest BCUT2D eigenvalue weighted by Crippen LogP contribution is -2.21. The Bertz CT molecular complexity index is 828. The molecule has 5 nitrogen and oxygen atoms in total. The summed E-state index contributed by atoms with van der Waals surface area (Å²) in [5.74, 6) is 0.641. The molecule has 3 aromatic rings. The number of anilines is 2. The first-order valence-electron chi connectivity index (χ1n) is 7.52. The summed E-state index contributed by atoms with van der Waals surface area (Å²) in [7, 11) is 0. The third kappa shape index (κ3) is 4.14. The molecular formula is C18H17ClN4O. The van der Waals surface area contributed by atoms with Crippen LogP contribution in [-0.4, -0.2) is 15.8 Å². The lowest BCUT2D eigenvalue weighted by molar-refractivity contribution is 0.262. The fourth-order valence-electron chi connectivity index (χ4n) is 2.33. The minimum Gasteiger partial charge on any atom is -0.308 e. The molecule has 0 saturated heterocycles. The van der Waals surface area contributed by atoms with E-state index in [1.165, 1.54) is 0 Å². The maximum atomic E-state index is 12.2. The lowest BCUT2D eigenvalue weighted by Gasteiger charge is -2.10. The van der Waals surface area contributed by atoms with Crippen LogP contribution in [0.25, 0.3) is 0 Å². The molecule has 24 heavy (non-hydrogen) atoms. The third-order valence-corrected chi connectivity index (χ3v) is 3.67. The van der Waals surface area contributed by atoms with Gasteiger partial charge in [-0.1, -0.05) is 41.9 Å². The number of benzene rings is 2. The van der Waals surface area contributed by atoms with Gasteiger partial charge in [-0.3, -0.25) is 5.32 Å². The van der Waals surface area contributed by atoms with Crippen molar-refractivity contribution in [3.8, 4) is 0 Å². The summed E-state index contributed by atoms with van der Waals surface area (Å²) < 4.78 is 1.77. The van der Waals surface area contributed by atoms with Crippen LogP contribution >= 0.6 is 11.6 Å². The van der Waals surface area contributed by atoms with E-state index in [1.54, 1.807) is 28.9 Å². The summed E-state index contributed by atoms with van der Waals surface area (Å²) in [4.78, 5) is 12.2. The topological polar surface area (TPSA) is 59.0 Å². The number of nitrogens with one attached hydrogen (secondary N) is 2. The van der Waals surface area contributed by atoms with Gasteiger partial charge in [0.25, 0.3) is 0 Å². The second kappa shape index (κ2) is 7.19. The molecular weight excluding hydrogens is 324 g/mol. The van der Waals surface area contributed by atoms with Crippen molar-refractivity contribution in [2.24, 2.45) is 0 Å². The van der Waals surface area contributed by atoms with Crippen LogP contribution in [0.4, 0.5) is 16.3 Å². The highest BCUT2D eigenvalue weighted by Gasteiger charge is 2.10. The average Bonchev–Trinajstić information content (AvgIpc) is 2.89. The number of rotatable bonds is 4. The molecule has 2 amide bonds. The first-order chi connectivity index (χ1) is 11.6. The molecule has 2 N–H and O–H groups in total. The molecule has 0 aliphatic rings. The fourth-order valence-corrected chi connectivity index (χ4v) is 2.46. The Hall–Kier alpha value is -2.79. The zero-order valence-corrected chi connectivity index (χ0v) is 13.9. The minimum absolute atomic E-state index is 0.327. The molecule has 3 rings (SSSR count). The number of hydrogen-bond donors (Lipinski definition) is 2. The van der Waals surface area contributed by atoms with Gasteiger partial charge >= 0.3 is 6.03 Å². The Balaban J connectivity index is 1.70. The molecule has 0 unspecified atom stereocenters. The van der Waals surface area contributed by atoms with E-state index < -0.39 is 0 Å². The molecule has 0 saturated carbocycles. The second-order valence-electron chi connectivity index (χ2n) is 5.40. The predicted molar refractivity (Wildman–Crippen MR) is 96.6 cm³/mol. The quantitative estimate of drug-likeness (QED) is 0.732. The Kier molecular flexibility index (Phi) is 4.82. The van der Waals surface area contributed by atoms with Gasteiger partial charge in [-0.05, 0) is 36.8 Å². The Labute approximate surface area is 145 Å². The number of amides is 2.